The lowest BCUT2D eigenvalue weighted by Gasteiger charge is -2.47. The summed E-state index contributed by atoms with van der Waals surface area (Å²) in [5, 5.41) is 0.491. The number of aryl methyl sites for hydroxylation is 1. The minimum absolute atomic E-state index is 0.0440. The van der Waals surface area contributed by atoms with Crippen LogP contribution < -0.4 is 9.64 Å². The molecular formula is C30H33F2N7O2. The largest absolute Gasteiger partial charge is 0.462 e. The van der Waals surface area contributed by atoms with Gasteiger partial charge in [0.15, 0.2) is 5.82 Å². The predicted molar refractivity (Wildman–Crippen MR) is 150 cm³/mol. The molecular weight excluding hydrogens is 528 g/mol. The number of likely N-dealkylation sites (N-methyl/N-ethyl adjacent to an activating group) is 1. The van der Waals surface area contributed by atoms with Crippen molar-refractivity contribution in [2.24, 2.45) is 0 Å². The molecule has 0 spiro atoms. The first-order valence-corrected chi connectivity index (χ1v) is 14.4. The number of hydrogen-bond acceptors (Lipinski definition) is 8. The molecule has 3 aromatic heterocycles. The fourth-order valence-corrected chi connectivity index (χ4v) is 6.99. The Kier molecular flexibility index (Phi) is 6.56. The van der Waals surface area contributed by atoms with Crippen LogP contribution in [0, 0.1) is 5.82 Å². The van der Waals surface area contributed by atoms with Crippen LogP contribution in [0.1, 0.15) is 36.8 Å². The maximum atomic E-state index is 16.4. The number of rotatable bonds is 6. The summed E-state index contributed by atoms with van der Waals surface area (Å²) in [6.45, 7) is 5.37. The second-order valence-corrected chi connectivity index (χ2v) is 11.6. The zero-order chi connectivity index (χ0) is 28.2. The van der Waals surface area contributed by atoms with Crippen LogP contribution in [0.5, 0.6) is 6.01 Å². The van der Waals surface area contributed by atoms with Gasteiger partial charge in [-0.3, -0.25) is 19.7 Å². The van der Waals surface area contributed by atoms with Gasteiger partial charge in [0.2, 0.25) is 5.91 Å². The van der Waals surface area contributed by atoms with E-state index in [-0.39, 0.29) is 47.9 Å². The van der Waals surface area contributed by atoms with Gasteiger partial charge in [0.05, 0.1) is 17.5 Å². The molecule has 0 radical (unpaired) electrons. The van der Waals surface area contributed by atoms with Crippen molar-refractivity contribution >= 4 is 22.6 Å². The molecule has 3 aliphatic heterocycles. The molecule has 4 atom stereocenters. The van der Waals surface area contributed by atoms with Gasteiger partial charge in [-0.15, -0.1) is 0 Å². The van der Waals surface area contributed by atoms with Crippen molar-refractivity contribution in [2.75, 3.05) is 38.2 Å². The van der Waals surface area contributed by atoms with Gasteiger partial charge < -0.3 is 14.5 Å². The van der Waals surface area contributed by atoms with E-state index in [9.17, 15) is 9.18 Å². The number of nitrogens with zero attached hydrogens (tertiary/aromatic N) is 7. The number of pyridine rings is 2. The molecule has 41 heavy (non-hydrogen) atoms. The van der Waals surface area contributed by atoms with Gasteiger partial charge in [-0.2, -0.15) is 9.97 Å². The summed E-state index contributed by atoms with van der Waals surface area (Å²) in [6, 6.07) is 0.0239. The Morgan fingerprint density at radius 1 is 1.17 bits per heavy atom. The number of alkyl halides is 1. The van der Waals surface area contributed by atoms with E-state index in [4.69, 9.17) is 9.72 Å². The van der Waals surface area contributed by atoms with Crippen molar-refractivity contribution in [3.63, 3.8) is 0 Å². The van der Waals surface area contributed by atoms with Crippen LogP contribution in [0.3, 0.4) is 0 Å². The van der Waals surface area contributed by atoms with Crippen LogP contribution in [-0.2, 0) is 17.6 Å². The third kappa shape index (κ3) is 4.41. The SMILES string of the molecule is C=CC(=O)N1CC[C@@H]2[C@H]1CN2c1nc(OC[C@@H]2C[C@@H](F)CN2C)nc2c(F)c(-c3cncc4c3CCCC4)ncc12. The highest BCUT2D eigenvalue weighted by atomic mass is 19.1. The van der Waals surface area contributed by atoms with Crippen LogP contribution in [0.4, 0.5) is 14.6 Å². The number of fused-ring (bicyclic) bond motifs is 3. The Morgan fingerprint density at radius 3 is 2.83 bits per heavy atom. The van der Waals surface area contributed by atoms with Crippen LogP contribution in [0.25, 0.3) is 22.2 Å². The van der Waals surface area contributed by atoms with E-state index in [2.05, 4.69) is 26.4 Å². The van der Waals surface area contributed by atoms with Crippen molar-refractivity contribution in [2.45, 2.75) is 62.8 Å². The molecule has 0 saturated carbocycles. The van der Waals surface area contributed by atoms with E-state index in [1.807, 2.05) is 23.0 Å². The number of ether oxygens (including phenoxy) is 1. The molecule has 6 heterocycles. The van der Waals surface area contributed by atoms with Gasteiger partial charge in [0, 0.05) is 49.8 Å². The lowest BCUT2D eigenvalue weighted by atomic mass is 9.89. The van der Waals surface area contributed by atoms with Gasteiger partial charge in [-0.1, -0.05) is 6.58 Å². The fourth-order valence-electron chi connectivity index (χ4n) is 6.99. The van der Waals surface area contributed by atoms with Crippen molar-refractivity contribution in [3.05, 3.63) is 48.2 Å². The number of likely N-dealkylation sites (tertiary alicyclic amines) is 2. The van der Waals surface area contributed by atoms with Crippen LogP contribution in [0.2, 0.25) is 0 Å². The molecule has 1 aliphatic carbocycles. The van der Waals surface area contributed by atoms with Gasteiger partial charge >= 0.3 is 6.01 Å². The zero-order valence-corrected chi connectivity index (χ0v) is 23.1. The Balaban J connectivity index is 1.28. The molecule has 0 bridgehead atoms. The molecule has 7 rings (SSSR count). The lowest BCUT2D eigenvalue weighted by molar-refractivity contribution is -0.127. The maximum absolute atomic E-state index is 16.4. The Hall–Kier alpha value is -3.73. The highest BCUT2D eigenvalue weighted by Crippen LogP contribution is 2.41. The molecule has 3 fully saturated rings. The monoisotopic (exact) mass is 561 g/mol. The number of aromatic nitrogens is 4. The highest BCUT2D eigenvalue weighted by molar-refractivity contribution is 5.93. The Bertz CT molecular complexity index is 1530. The molecule has 4 aliphatic rings. The van der Waals surface area contributed by atoms with Gasteiger partial charge in [-0.25, -0.2) is 8.78 Å². The summed E-state index contributed by atoms with van der Waals surface area (Å²) in [5.41, 5.74) is 3.29. The van der Waals surface area contributed by atoms with E-state index < -0.39 is 12.0 Å². The van der Waals surface area contributed by atoms with Gasteiger partial charge in [0.25, 0.3) is 0 Å². The summed E-state index contributed by atoms with van der Waals surface area (Å²) in [7, 11) is 1.86. The normalized spacial score (nSPS) is 25.6. The lowest BCUT2D eigenvalue weighted by Crippen LogP contribution is -2.63. The zero-order valence-electron chi connectivity index (χ0n) is 23.1. The average molecular weight is 562 g/mol. The van der Waals surface area contributed by atoms with E-state index in [0.717, 1.165) is 43.2 Å². The number of anilines is 1. The van der Waals surface area contributed by atoms with Gasteiger partial charge in [0.1, 0.15) is 29.8 Å². The Morgan fingerprint density at radius 2 is 2.02 bits per heavy atom. The topological polar surface area (TPSA) is 87.6 Å². The number of halogens is 2. The molecule has 1 amide bonds. The van der Waals surface area contributed by atoms with E-state index in [1.165, 1.54) is 6.08 Å². The van der Waals surface area contributed by atoms with E-state index in [1.54, 1.807) is 12.4 Å². The third-order valence-electron chi connectivity index (χ3n) is 9.23. The van der Waals surface area contributed by atoms with Crippen molar-refractivity contribution in [1.29, 1.82) is 0 Å². The number of hydrogen-bond donors (Lipinski definition) is 0. The molecule has 9 nitrogen and oxygen atoms in total. The Labute approximate surface area is 237 Å². The minimum Gasteiger partial charge on any atom is -0.462 e. The minimum atomic E-state index is -0.903. The van der Waals surface area contributed by atoms with Crippen LogP contribution in [0.15, 0.2) is 31.2 Å². The second kappa shape index (κ2) is 10.3. The number of amides is 1. The fraction of sp³-hybridized carbons (Fsp3) is 0.500. The summed E-state index contributed by atoms with van der Waals surface area (Å²) < 4.78 is 36.4. The molecule has 3 saturated heterocycles. The predicted octanol–water partition coefficient (Wildman–Crippen LogP) is 3.50. The summed E-state index contributed by atoms with van der Waals surface area (Å²) in [6.07, 6.45) is 10.7. The van der Waals surface area contributed by atoms with Gasteiger partial charge in [-0.05, 0) is 62.8 Å². The van der Waals surface area contributed by atoms with Crippen LogP contribution >= 0.6 is 0 Å². The standard InChI is InChI=1S/C30H33F2N7O2/c1-3-25(40)38-9-8-23-24(38)15-39(23)29-22-13-34-27(21-12-33-11-17-6-4-5-7-20(17)21)26(32)28(22)35-30(36-29)41-16-19-10-18(31)14-37(19)2/h3,11-13,18-19,23-24H,1,4-10,14-16H2,2H3/t18-,19+,23-,24-/m1/s1. The summed E-state index contributed by atoms with van der Waals surface area (Å²) >= 11 is 0. The number of carbonyl (C=O) groups is 1. The highest BCUT2D eigenvalue weighted by Gasteiger charge is 2.49. The van der Waals surface area contributed by atoms with Crippen molar-refractivity contribution in [1.82, 2.24) is 29.7 Å². The van der Waals surface area contributed by atoms with Crippen molar-refractivity contribution < 1.29 is 18.3 Å². The summed E-state index contributed by atoms with van der Waals surface area (Å²) in [5.74, 6) is -0.0864. The molecule has 0 aromatic carbocycles. The molecule has 11 heteroatoms. The maximum Gasteiger partial charge on any atom is 0.319 e. The molecule has 3 aromatic rings. The van der Waals surface area contributed by atoms with E-state index in [0.29, 0.717) is 42.8 Å². The van der Waals surface area contributed by atoms with Crippen LogP contribution in [-0.4, -0.2) is 93.2 Å². The quantitative estimate of drug-likeness (QED) is 0.423. The van der Waals surface area contributed by atoms with Crippen molar-refractivity contribution in [3.8, 4) is 17.3 Å². The summed E-state index contributed by atoms with van der Waals surface area (Å²) in [4.78, 5) is 36.4. The molecule has 0 N–H and O–H groups in total. The smallest absolute Gasteiger partial charge is 0.319 e. The van der Waals surface area contributed by atoms with E-state index >= 15 is 4.39 Å². The number of carbonyl (C=O) groups excluding carboxylic acids is 1. The first kappa shape index (κ1) is 26.2. The third-order valence-corrected chi connectivity index (χ3v) is 9.23. The molecule has 0 unspecified atom stereocenters. The first-order valence-electron chi connectivity index (χ1n) is 14.4. The molecule has 214 valence electrons. The first-order chi connectivity index (χ1) is 19.9. The second-order valence-electron chi connectivity index (χ2n) is 11.6. The average Bonchev–Trinajstić information content (AvgIpc) is 3.48.